The van der Waals surface area contributed by atoms with Crippen LogP contribution in [0.25, 0.3) is 0 Å². The van der Waals surface area contributed by atoms with Crippen LogP contribution in [0.5, 0.6) is 11.5 Å². The van der Waals surface area contributed by atoms with Crippen molar-refractivity contribution in [2.24, 2.45) is 0 Å². The van der Waals surface area contributed by atoms with Crippen molar-refractivity contribution in [1.82, 2.24) is 0 Å². The van der Waals surface area contributed by atoms with Crippen LogP contribution >= 0.6 is 0 Å². The van der Waals surface area contributed by atoms with Crippen LogP contribution in [0.1, 0.15) is 88.5 Å². The van der Waals surface area contributed by atoms with Gasteiger partial charge >= 0.3 is 0 Å². The van der Waals surface area contributed by atoms with Crippen LogP contribution in [0.2, 0.25) is 0 Å². The molecule has 0 fully saturated rings. The Kier molecular flexibility index (Phi) is 7.56. The van der Waals surface area contributed by atoms with Gasteiger partial charge in [0.15, 0.2) is 11.5 Å². The zero-order valence-electron chi connectivity index (χ0n) is 17.3. The summed E-state index contributed by atoms with van der Waals surface area (Å²) in [5, 5.41) is 0. The van der Waals surface area contributed by atoms with Crippen molar-refractivity contribution in [3.05, 3.63) is 58.7 Å². The molecular weight excluding hydrogens is 320 g/mol. The first kappa shape index (κ1) is 20.4. The first-order valence-electron chi connectivity index (χ1n) is 10.1. The molecule has 142 valence electrons. The van der Waals surface area contributed by atoms with Crippen molar-refractivity contribution in [3.63, 3.8) is 0 Å². The Morgan fingerprint density at radius 3 is 1.35 bits per heavy atom. The lowest BCUT2D eigenvalue weighted by atomic mass is 9.94. The molecule has 0 spiro atoms. The van der Waals surface area contributed by atoms with E-state index >= 15 is 0 Å². The first-order chi connectivity index (χ1) is 12.5. The summed E-state index contributed by atoms with van der Waals surface area (Å²) in [6.07, 6.45) is 4.18. The molecular formula is C24H34O2. The van der Waals surface area contributed by atoms with E-state index in [0.717, 1.165) is 37.2 Å². The predicted molar refractivity (Wildman–Crippen MR) is 110 cm³/mol. The Morgan fingerprint density at radius 1 is 0.654 bits per heavy atom. The van der Waals surface area contributed by atoms with Crippen molar-refractivity contribution in [3.8, 4) is 11.5 Å². The van der Waals surface area contributed by atoms with E-state index in [1.165, 1.54) is 22.3 Å². The summed E-state index contributed by atoms with van der Waals surface area (Å²) in [4.78, 5) is 11.8. The molecule has 0 aliphatic carbocycles. The highest BCUT2D eigenvalue weighted by atomic mass is 17.2. The fraction of sp³-hybridized carbons (Fsp3) is 0.500. The van der Waals surface area contributed by atoms with Gasteiger partial charge in [0.05, 0.1) is 0 Å². The van der Waals surface area contributed by atoms with Gasteiger partial charge in [-0.3, -0.25) is 9.78 Å². The summed E-state index contributed by atoms with van der Waals surface area (Å²) in [6, 6.07) is 12.6. The Bertz CT molecular complexity index is 640. The molecule has 0 aliphatic heterocycles. The minimum absolute atomic E-state index is 0.472. The SMILES string of the molecule is CCCc1c(OOc2cccc(C(C)C)c2CCC)cccc1C(C)C. The normalized spacial score (nSPS) is 11.2. The second kappa shape index (κ2) is 9.66. The van der Waals surface area contributed by atoms with E-state index in [1.54, 1.807) is 0 Å². The predicted octanol–water partition coefficient (Wildman–Crippen LogP) is 7.21. The summed E-state index contributed by atoms with van der Waals surface area (Å²) < 4.78 is 0. The van der Waals surface area contributed by atoms with Crippen molar-refractivity contribution >= 4 is 0 Å². The molecule has 0 N–H and O–H groups in total. The van der Waals surface area contributed by atoms with Gasteiger partial charge in [-0.25, -0.2) is 0 Å². The largest absolute Gasteiger partial charge is 0.290 e. The number of rotatable bonds is 9. The maximum Gasteiger partial charge on any atom is 0.182 e. The lowest BCUT2D eigenvalue weighted by Crippen LogP contribution is -2.09. The van der Waals surface area contributed by atoms with Crippen LogP contribution in [0.4, 0.5) is 0 Å². The smallest absolute Gasteiger partial charge is 0.182 e. The van der Waals surface area contributed by atoms with Crippen LogP contribution in [0, 0.1) is 0 Å². The molecule has 2 rings (SSSR count). The topological polar surface area (TPSA) is 18.5 Å². The third kappa shape index (κ3) is 4.81. The minimum atomic E-state index is 0.472. The summed E-state index contributed by atoms with van der Waals surface area (Å²) in [5.41, 5.74) is 5.22. The molecule has 0 aliphatic rings. The maximum absolute atomic E-state index is 5.89. The zero-order chi connectivity index (χ0) is 19.1. The molecule has 26 heavy (non-hydrogen) atoms. The van der Waals surface area contributed by atoms with Gasteiger partial charge in [-0.15, -0.1) is 0 Å². The highest BCUT2D eigenvalue weighted by molar-refractivity contribution is 5.44. The Hall–Kier alpha value is -1.96. The molecule has 0 unspecified atom stereocenters. The van der Waals surface area contributed by atoms with Gasteiger partial charge in [0.2, 0.25) is 0 Å². The highest BCUT2D eigenvalue weighted by Gasteiger charge is 2.16. The van der Waals surface area contributed by atoms with Gasteiger partial charge < -0.3 is 0 Å². The van der Waals surface area contributed by atoms with Gasteiger partial charge in [0.1, 0.15) is 0 Å². The quantitative estimate of drug-likeness (QED) is 0.350. The fourth-order valence-corrected chi connectivity index (χ4v) is 3.53. The van der Waals surface area contributed by atoms with Gasteiger partial charge in [0, 0.05) is 11.1 Å². The van der Waals surface area contributed by atoms with Crippen LogP contribution in [-0.2, 0) is 12.8 Å². The lowest BCUT2D eigenvalue weighted by molar-refractivity contribution is -0.102. The second-order valence-electron chi connectivity index (χ2n) is 7.62. The van der Waals surface area contributed by atoms with Crippen LogP contribution < -0.4 is 9.78 Å². The van der Waals surface area contributed by atoms with E-state index in [4.69, 9.17) is 9.78 Å². The molecule has 0 aromatic heterocycles. The lowest BCUT2D eigenvalue weighted by Gasteiger charge is -2.19. The number of hydrogen-bond acceptors (Lipinski definition) is 2. The van der Waals surface area contributed by atoms with E-state index in [0.29, 0.717) is 11.8 Å². The zero-order valence-corrected chi connectivity index (χ0v) is 17.3. The third-order valence-corrected chi connectivity index (χ3v) is 4.80. The molecule has 2 nitrogen and oxygen atoms in total. The first-order valence-corrected chi connectivity index (χ1v) is 10.1. The Balaban J connectivity index is 2.32. The van der Waals surface area contributed by atoms with E-state index in [9.17, 15) is 0 Å². The third-order valence-electron chi connectivity index (χ3n) is 4.80. The molecule has 2 aromatic carbocycles. The van der Waals surface area contributed by atoms with Gasteiger partial charge in [-0.1, -0.05) is 78.6 Å². The summed E-state index contributed by atoms with van der Waals surface area (Å²) in [7, 11) is 0. The van der Waals surface area contributed by atoms with E-state index in [1.807, 2.05) is 12.1 Å². The average molecular weight is 355 g/mol. The van der Waals surface area contributed by atoms with Gasteiger partial charge in [-0.2, -0.15) is 0 Å². The number of benzene rings is 2. The van der Waals surface area contributed by atoms with Gasteiger partial charge in [-0.05, 0) is 47.9 Å². The van der Waals surface area contributed by atoms with Crippen molar-refractivity contribution in [2.45, 2.75) is 79.1 Å². The molecule has 0 heterocycles. The molecule has 0 atom stereocenters. The average Bonchev–Trinajstić information content (AvgIpc) is 2.61. The van der Waals surface area contributed by atoms with Crippen LogP contribution in [0.3, 0.4) is 0 Å². The molecule has 0 bridgehead atoms. The van der Waals surface area contributed by atoms with Crippen LogP contribution in [0.15, 0.2) is 36.4 Å². The minimum Gasteiger partial charge on any atom is -0.290 e. The number of hydrogen-bond donors (Lipinski definition) is 0. The maximum atomic E-state index is 5.89. The molecule has 0 saturated heterocycles. The van der Waals surface area contributed by atoms with E-state index in [2.05, 4.69) is 65.8 Å². The van der Waals surface area contributed by atoms with Crippen molar-refractivity contribution < 1.29 is 9.78 Å². The van der Waals surface area contributed by atoms with Gasteiger partial charge in [0.25, 0.3) is 0 Å². The molecule has 2 heteroatoms. The summed E-state index contributed by atoms with van der Waals surface area (Å²) in [6.45, 7) is 13.3. The van der Waals surface area contributed by atoms with Crippen molar-refractivity contribution in [2.75, 3.05) is 0 Å². The van der Waals surface area contributed by atoms with E-state index < -0.39 is 0 Å². The second-order valence-corrected chi connectivity index (χ2v) is 7.62. The Labute approximate surface area is 159 Å². The Morgan fingerprint density at radius 2 is 1.04 bits per heavy atom. The summed E-state index contributed by atoms with van der Waals surface area (Å²) >= 11 is 0. The van der Waals surface area contributed by atoms with Crippen molar-refractivity contribution in [1.29, 1.82) is 0 Å². The van der Waals surface area contributed by atoms with Crippen LogP contribution in [-0.4, -0.2) is 0 Å². The summed E-state index contributed by atoms with van der Waals surface area (Å²) in [5.74, 6) is 2.63. The highest BCUT2D eigenvalue weighted by Crippen LogP contribution is 2.32. The van der Waals surface area contributed by atoms with E-state index in [-0.39, 0.29) is 0 Å². The molecule has 0 saturated carbocycles. The molecule has 0 radical (unpaired) electrons. The fourth-order valence-electron chi connectivity index (χ4n) is 3.53. The molecule has 0 amide bonds. The monoisotopic (exact) mass is 354 g/mol. The standard InChI is InChI=1S/C24H34O2/c1-7-11-21-19(17(3)4)13-9-15-23(21)25-26-24-16-10-14-20(18(5)6)22(24)12-8-2/h9-10,13-18H,7-8,11-12H2,1-6H3. The molecule has 2 aromatic rings.